The summed E-state index contributed by atoms with van der Waals surface area (Å²) in [5.74, 6) is 1.91. The molecule has 2 heterocycles. The summed E-state index contributed by atoms with van der Waals surface area (Å²) in [6.45, 7) is 1.75. The van der Waals surface area contributed by atoms with Gasteiger partial charge in [0.2, 0.25) is 0 Å². The first-order valence-corrected chi connectivity index (χ1v) is 8.83. The Balaban J connectivity index is 1.68. The first kappa shape index (κ1) is 15.6. The summed E-state index contributed by atoms with van der Waals surface area (Å²) in [4.78, 5) is 37.0. The van der Waals surface area contributed by atoms with Gasteiger partial charge < -0.3 is 4.57 Å². The van der Waals surface area contributed by atoms with Crippen LogP contribution in [0.25, 0.3) is 0 Å². The summed E-state index contributed by atoms with van der Waals surface area (Å²) in [5, 5.41) is 0. The summed E-state index contributed by atoms with van der Waals surface area (Å²) in [6, 6.07) is 0. The van der Waals surface area contributed by atoms with Crippen molar-refractivity contribution in [3.63, 3.8) is 0 Å². The highest BCUT2D eigenvalue weighted by molar-refractivity contribution is 5.99. The van der Waals surface area contributed by atoms with E-state index in [-0.39, 0.29) is 0 Å². The van der Waals surface area contributed by atoms with Gasteiger partial charge in [0.1, 0.15) is 5.56 Å². The van der Waals surface area contributed by atoms with Crippen LogP contribution < -0.4 is 16.7 Å². The Morgan fingerprint density at radius 3 is 2.75 bits per heavy atom. The lowest BCUT2D eigenvalue weighted by Crippen LogP contribution is -2.40. The third-order valence-electron chi connectivity index (χ3n) is 6.06. The van der Waals surface area contributed by atoms with Crippen molar-refractivity contribution in [2.75, 3.05) is 0 Å². The minimum atomic E-state index is -0.554. The second-order valence-electron chi connectivity index (χ2n) is 7.44. The van der Waals surface area contributed by atoms with Gasteiger partial charge in [-0.1, -0.05) is 25.7 Å². The number of aromatic amines is 1. The minimum absolute atomic E-state index is 0.389. The molecule has 2 fully saturated rings. The average molecular weight is 332 g/mol. The molecule has 24 heavy (non-hydrogen) atoms. The highest BCUT2D eigenvalue weighted by atomic mass is 16.7. The van der Waals surface area contributed by atoms with E-state index in [0.29, 0.717) is 23.0 Å². The molecule has 0 amide bonds. The van der Waals surface area contributed by atoms with Gasteiger partial charge in [0.25, 0.3) is 5.56 Å². The quantitative estimate of drug-likeness (QED) is 0.812. The maximum absolute atomic E-state index is 12.3. The molecule has 2 N–H and O–H groups in total. The van der Waals surface area contributed by atoms with Crippen molar-refractivity contribution in [1.82, 2.24) is 15.0 Å². The molecule has 7 nitrogen and oxygen atoms in total. The topological polar surface area (TPSA) is 88.5 Å². The van der Waals surface area contributed by atoms with Crippen molar-refractivity contribution in [1.29, 1.82) is 0 Å². The molecular weight excluding hydrogens is 308 g/mol. The normalized spacial score (nSPS) is 32.3. The summed E-state index contributed by atoms with van der Waals surface area (Å²) in [6.07, 6.45) is 8.13. The largest absolute Gasteiger partial charge is 0.328 e. The number of hydrogen-bond acceptors (Lipinski definition) is 5. The predicted molar refractivity (Wildman–Crippen MR) is 89.8 cm³/mol. The first-order valence-electron chi connectivity index (χ1n) is 8.83. The molecule has 7 heteroatoms. The van der Waals surface area contributed by atoms with E-state index in [4.69, 9.17) is 9.83 Å². The van der Waals surface area contributed by atoms with E-state index in [0.717, 1.165) is 25.2 Å². The Hall–Kier alpha value is -1.89. The standard InChI is InChI=1S/C17H24N4O3/c1-10-13(15(22)18-16(23)21(10)2)14-19-17(24-20-14)8-7-11-5-3-4-6-12(11)9-17/h11-12H,3-9H2,1-2H3,(H,19,20)(H,18,22,23). The van der Waals surface area contributed by atoms with Gasteiger partial charge in [-0.25, -0.2) is 20.1 Å². The third-order valence-corrected chi connectivity index (χ3v) is 6.06. The van der Waals surface area contributed by atoms with Crippen LogP contribution in [0.5, 0.6) is 0 Å². The molecular formula is C17H24N4O3. The second kappa shape index (κ2) is 5.58. The Bertz CT molecular complexity index is 809. The Labute approximate surface area is 140 Å². The molecule has 0 saturated heterocycles. The van der Waals surface area contributed by atoms with Gasteiger partial charge in [-0.05, 0) is 31.6 Å². The molecule has 4 rings (SSSR count). The Kier molecular flexibility index (Phi) is 3.63. The Morgan fingerprint density at radius 1 is 1.21 bits per heavy atom. The van der Waals surface area contributed by atoms with Crippen LogP contribution in [0, 0.1) is 18.8 Å². The van der Waals surface area contributed by atoms with E-state index >= 15 is 0 Å². The van der Waals surface area contributed by atoms with Gasteiger partial charge in [0.05, 0.1) is 0 Å². The molecule has 2 aliphatic carbocycles. The van der Waals surface area contributed by atoms with Gasteiger partial charge in [0.15, 0.2) is 11.6 Å². The van der Waals surface area contributed by atoms with Crippen molar-refractivity contribution in [3.05, 3.63) is 32.1 Å². The van der Waals surface area contributed by atoms with Gasteiger partial charge >= 0.3 is 5.69 Å². The van der Waals surface area contributed by atoms with Crippen molar-refractivity contribution in [2.24, 2.45) is 23.9 Å². The molecule has 3 atom stereocenters. The molecule has 0 bridgehead atoms. The molecule has 2 saturated carbocycles. The number of aromatic nitrogens is 2. The van der Waals surface area contributed by atoms with Gasteiger partial charge in [-0.2, -0.15) is 0 Å². The number of aliphatic imine (C=N–C) groups is 1. The molecule has 1 aliphatic heterocycles. The van der Waals surface area contributed by atoms with Gasteiger partial charge in [-0.3, -0.25) is 9.78 Å². The third kappa shape index (κ3) is 2.42. The van der Waals surface area contributed by atoms with Gasteiger partial charge in [-0.15, -0.1) is 0 Å². The Morgan fingerprint density at radius 2 is 1.96 bits per heavy atom. The van der Waals surface area contributed by atoms with Crippen molar-refractivity contribution in [2.45, 2.75) is 57.6 Å². The smallest absolute Gasteiger partial charge is 0.300 e. The van der Waals surface area contributed by atoms with E-state index < -0.39 is 17.0 Å². The number of nitrogens with zero attached hydrogens (tertiary/aromatic N) is 2. The summed E-state index contributed by atoms with van der Waals surface area (Å²) in [7, 11) is 1.64. The lowest BCUT2D eigenvalue weighted by Gasteiger charge is -2.41. The molecule has 0 radical (unpaired) electrons. The van der Waals surface area contributed by atoms with Crippen molar-refractivity contribution in [3.8, 4) is 0 Å². The summed E-state index contributed by atoms with van der Waals surface area (Å²) in [5.41, 5.74) is 2.45. The lowest BCUT2D eigenvalue weighted by atomic mass is 9.68. The molecule has 1 aromatic heterocycles. The number of hydroxylamine groups is 1. The van der Waals surface area contributed by atoms with Crippen LogP contribution in [-0.4, -0.2) is 21.1 Å². The fraction of sp³-hybridized carbons (Fsp3) is 0.706. The number of hydrogen-bond donors (Lipinski definition) is 2. The van der Waals surface area contributed by atoms with E-state index in [2.05, 4.69) is 10.5 Å². The molecule has 0 aromatic carbocycles. The lowest BCUT2D eigenvalue weighted by molar-refractivity contribution is -0.104. The van der Waals surface area contributed by atoms with Crippen LogP contribution in [0.3, 0.4) is 0 Å². The zero-order valence-corrected chi connectivity index (χ0v) is 14.2. The molecule has 1 aromatic rings. The van der Waals surface area contributed by atoms with E-state index in [9.17, 15) is 9.59 Å². The van der Waals surface area contributed by atoms with Crippen LogP contribution in [0.2, 0.25) is 0 Å². The number of nitrogens with one attached hydrogen (secondary N) is 2. The van der Waals surface area contributed by atoms with E-state index in [1.54, 1.807) is 14.0 Å². The molecule has 1 spiro atoms. The van der Waals surface area contributed by atoms with Crippen LogP contribution >= 0.6 is 0 Å². The summed E-state index contributed by atoms with van der Waals surface area (Å²) < 4.78 is 1.42. The van der Waals surface area contributed by atoms with E-state index in [1.807, 2.05) is 0 Å². The maximum Gasteiger partial charge on any atom is 0.328 e. The van der Waals surface area contributed by atoms with Crippen LogP contribution in [-0.2, 0) is 11.9 Å². The van der Waals surface area contributed by atoms with Crippen molar-refractivity contribution >= 4 is 5.84 Å². The van der Waals surface area contributed by atoms with E-state index in [1.165, 1.54) is 30.3 Å². The van der Waals surface area contributed by atoms with Crippen molar-refractivity contribution < 1.29 is 4.84 Å². The predicted octanol–water partition coefficient (Wildman–Crippen LogP) is 1.35. The number of fused-ring (bicyclic) bond motifs is 1. The first-order chi connectivity index (χ1) is 11.5. The fourth-order valence-electron chi connectivity index (χ4n) is 4.56. The number of amidine groups is 1. The monoisotopic (exact) mass is 332 g/mol. The zero-order chi connectivity index (χ0) is 16.9. The zero-order valence-electron chi connectivity index (χ0n) is 14.2. The highest BCUT2D eigenvalue weighted by Gasteiger charge is 2.46. The van der Waals surface area contributed by atoms with Gasteiger partial charge in [0, 0.05) is 19.2 Å². The second-order valence-corrected chi connectivity index (χ2v) is 7.44. The number of rotatable bonds is 1. The van der Waals surface area contributed by atoms with Crippen LogP contribution in [0.15, 0.2) is 14.6 Å². The average Bonchev–Trinajstić information content (AvgIpc) is 2.96. The molecule has 130 valence electrons. The fourth-order valence-corrected chi connectivity index (χ4v) is 4.56. The van der Waals surface area contributed by atoms with Crippen LogP contribution in [0.1, 0.15) is 56.2 Å². The minimum Gasteiger partial charge on any atom is -0.300 e. The highest BCUT2D eigenvalue weighted by Crippen LogP contribution is 2.47. The summed E-state index contributed by atoms with van der Waals surface area (Å²) >= 11 is 0. The van der Waals surface area contributed by atoms with Crippen LogP contribution in [0.4, 0.5) is 0 Å². The SMILES string of the molecule is Cc1c(C2=NC3(CCC4CCCCC4C3)ON2)c(=O)[nH]c(=O)n1C. The number of H-pyrrole nitrogens is 1. The maximum atomic E-state index is 12.3. The molecule has 3 aliphatic rings. The molecule has 3 unspecified atom stereocenters.